The van der Waals surface area contributed by atoms with Gasteiger partial charge in [0.25, 0.3) is 0 Å². The molecule has 0 unspecified atom stereocenters. The fraction of sp³-hybridized carbons (Fsp3) is 0.583. The van der Waals surface area contributed by atoms with Crippen molar-refractivity contribution in [3.8, 4) is 5.75 Å². The normalized spacial score (nSPS) is 24.7. The summed E-state index contributed by atoms with van der Waals surface area (Å²) < 4.78 is 5.03. The van der Waals surface area contributed by atoms with Crippen LogP contribution in [0, 0.1) is 5.41 Å². The van der Waals surface area contributed by atoms with Crippen LogP contribution in [0.4, 0.5) is 0 Å². The molecule has 5 rings (SSSR count). The first-order valence-electron chi connectivity index (χ1n) is 11.0. The quantitative estimate of drug-likeness (QED) is 0.677. The summed E-state index contributed by atoms with van der Waals surface area (Å²) in [6.07, 6.45) is 5.79. The van der Waals surface area contributed by atoms with Crippen molar-refractivity contribution in [2.75, 3.05) is 7.11 Å². The molecule has 0 aliphatic heterocycles. The van der Waals surface area contributed by atoms with Crippen LogP contribution in [0.15, 0.2) is 30.3 Å². The van der Waals surface area contributed by atoms with Crippen LogP contribution in [0.1, 0.15) is 71.9 Å². The van der Waals surface area contributed by atoms with Crippen LogP contribution in [-0.2, 0) is 16.1 Å². The van der Waals surface area contributed by atoms with Crippen molar-refractivity contribution >= 4 is 16.9 Å². The Bertz CT molecular complexity index is 794. The second-order valence-corrected chi connectivity index (χ2v) is 7.59. The molecular weight excluding hydrogens is 364 g/mol. The highest BCUT2D eigenvalue weighted by molar-refractivity contribution is 5.80. The Hall–Kier alpha value is -2.14. The van der Waals surface area contributed by atoms with Crippen LogP contribution < -0.4 is 5.32 Å². The lowest BCUT2D eigenvalue weighted by Crippen LogP contribution is -2.56. The number of phenolic OH excluding ortho intramolecular Hbond substituents is 1. The zero-order valence-corrected chi connectivity index (χ0v) is 18.5. The molecule has 3 fully saturated rings. The van der Waals surface area contributed by atoms with E-state index in [0.29, 0.717) is 0 Å². The predicted molar refractivity (Wildman–Crippen MR) is 118 cm³/mol. The number of hydrogen-bond acceptors (Lipinski definition) is 5. The van der Waals surface area contributed by atoms with Gasteiger partial charge in [0.15, 0.2) is 0 Å². The summed E-state index contributed by atoms with van der Waals surface area (Å²) in [5, 5.41) is 14.2. The fourth-order valence-electron chi connectivity index (χ4n) is 4.51. The number of aromatic nitrogens is 1. The smallest absolute Gasteiger partial charge is 0.311 e. The summed E-state index contributed by atoms with van der Waals surface area (Å²) in [7, 11) is 1.50. The number of carbonyl (C=O) groups is 1. The zero-order chi connectivity index (χ0) is 21.5. The Balaban J connectivity index is 0.000000707. The van der Waals surface area contributed by atoms with Gasteiger partial charge in [0.05, 0.1) is 23.7 Å². The highest BCUT2D eigenvalue weighted by Gasteiger charge is 2.52. The maximum atomic E-state index is 12.1. The van der Waals surface area contributed by atoms with Crippen molar-refractivity contribution in [2.24, 2.45) is 5.41 Å². The van der Waals surface area contributed by atoms with Gasteiger partial charge in [0.1, 0.15) is 5.75 Å². The van der Waals surface area contributed by atoms with Gasteiger partial charge >= 0.3 is 5.97 Å². The molecular formula is C24H36N2O3. The summed E-state index contributed by atoms with van der Waals surface area (Å²) >= 11 is 0. The average Bonchev–Trinajstić information content (AvgIpc) is 2.81. The molecule has 2 N–H and O–H groups in total. The molecule has 0 saturated heterocycles. The Kier molecular flexibility index (Phi) is 8.03. The number of hydrogen-bond donors (Lipinski definition) is 2. The standard InChI is InChI=1S/C20H24N2O3.2C2H6/c1-25-18(24)19-6-9-20(10-7-19,11-8-19)21-13-15-3-2-14-12-16(23)4-5-17(14)22-15;2*1-2/h2-5,12,21,23H,6-11,13H2,1H3;2*1-2H3. The number of methoxy groups -OCH3 is 1. The van der Waals surface area contributed by atoms with Gasteiger partial charge in [-0.25, -0.2) is 0 Å². The lowest BCUT2D eigenvalue weighted by molar-refractivity contribution is -0.160. The minimum absolute atomic E-state index is 0.0275. The largest absolute Gasteiger partial charge is 0.508 e. The van der Waals surface area contributed by atoms with E-state index in [-0.39, 0.29) is 22.7 Å². The molecule has 2 bridgehead atoms. The molecule has 1 aromatic heterocycles. The number of benzene rings is 1. The summed E-state index contributed by atoms with van der Waals surface area (Å²) in [6.45, 7) is 8.72. The van der Waals surface area contributed by atoms with E-state index in [1.54, 1.807) is 12.1 Å². The van der Waals surface area contributed by atoms with E-state index in [1.165, 1.54) is 7.11 Å². The summed E-state index contributed by atoms with van der Waals surface area (Å²) in [6, 6.07) is 9.25. The van der Waals surface area contributed by atoms with Crippen molar-refractivity contribution in [1.29, 1.82) is 0 Å². The predicted octanol–water partition coefficient (Wildman–Crippen LogP) is 5.35. The monoisotopic (exact) mass is 400 g/mol. The van der Waals surface area contributed by atoms with Crippen molar-refractivity contribution in [3.63, 3.8) is 0 Å². The SMILES string of the molecule is CC.CC.COC(=O)C12CCC(NCc3ccc4cc(O)ccc4n3)(CC1)CC2. The first kappa shape index (κ1) is 23.1. The van der Waals surface area contributed by atoms with Gasteiger partial charge < -0.3 is 15.2 Å². The third-order valence-corrected chi connectivity index (χ3v) is 6.24. The number of fused-ring (bicyclic) bond motifs is 4. The highest BCUT2D eigenvalue weighted by Crippen LogP contribution is 2.52. The summed E-state index contributed by atoms with van der Waals surface area (Å²) in [4.78, 5) is 16.8. The Morgan fingerprint density at radius 1 is 1.03 bits per heavy atom. The van der Waals surface area contributed by atoms with Gasteiger partial charge in [-0.1, -0.05) is 33.8 Å². The van der Waals surface area contributed by atoms with E-state index in [1.807, 2.05) is 45.9 Å². The van der Waals surface area contributed by atoms with Crippen LogP contribution in [0.3, 0.4) is 0 Å². The van der Waals surface area contributed by atoms with Gasteiger partial charge in [0, 0.05) is 17.5 Å². The molecule has 0 spiro atoms. The Morgan fingerprint density at radius 2 is 1.66 bits per heavy atom. The first-order valence-corrected chi connectivity index (χ1v) is 11.0. The third kappa shape index (κ3) is 4.89. The number of esters is 1. The van der Waals surface area contributed by atoms with Gasteiger partial charge in [0.2, 0.25) is 0 Å². The lowest BCUT2D eigenvalue weighted by atomic mass is 9.57. The molecule has 0 amide bonds. The number of phenols is 1. The van der Waals surface area contributed by atoms with E-state index in [9.17, 15) is 9.90 Å². The van der Waals surface area contributed by atoms with E-state index < -0.39 is 0 Å². The maximum absolute atomic E-state index is 12.1. The van der Waals surface area contributed by atoms with Crippen molar-refractivity contribution in [1.82, 2.24) is 10.3 Å². The maximum Gasteiger partial charge on any atom is 0.311 e. The molecule has 1 heterocycles. The average molecular weight is 401 g/mol. The minimum atomic E-state index is -0.235. The fourth-order valence-corrected chi connectivity index (χ4v) is 4.51. The van der Waals surface area contributed by atoms with Gasteiger partial charge in [-0.15, -0.1) is 0 Å². The van der Waals surface area contributed by atoms with Crippen LogP contribution in [0.25, 0.3) is 10.9 Å². The third-order valence-electron chi connectivity index (χ3n) is 6.24. The molecule has 5 nitrogen and oxygen atoms in total. The Labute approximate surface area is 174 Å². The number of carbonyl (C=O) groups excluding carboxylic acids is 1. The number of nitrogens with one attached hydrogen (secondary N) is 1. The van der Waals surface area contributed by atoms with Crippen molar-refractivity contribution in [3.05, 3.63) is 36.0 Å². The van der Waals surface area contributed by atoms with Crippen LogP contribution in [-0.4, -0.2) is 28.7 Å². The molecule has 3 saturated carbocycles. The first-order chi connectivity index (χ1) is 14.0. The molecule has 3 aliphatic rings. The van der Waals surface area contributed by atoms with Crippen LogP contribution >= 0.6 is 0 Å². The Morgan fingerprint density at radius 3 is 2.24 bits per heavy atom. The molecule has 2 aromatic rings. The molecule has 29 heavy (non-hydrogen) atoms. The molecule has 3 aliphatic carbocycles. The highest BCUT2D eigenvalue weighted by atomic mass is 16.5. The van der Waals surface area contributed by atoms with Crippen molar-refractivity contribution < 1.29 is 14.6 Å². The second-order valence-electron chi connectivity index (χ2n) is 7.59. The molecule has 0 atom stereocenters. The molecule has 0 radical (unpaired) electrons. The number of rotatable bonds is 4. The molecule has 160 valence electrons. The van der Waals surface area contributed by atoms with Crippen molar-refractivity contribution in [2.45, 2.75) is 78.3 Å². The van der Waals surface area contributed by atoms with Crippen LogP contribution in [0.2, 0.25) is 0 Å². The van der Waals surface area contributed by atoms with Gasteiger partial charge in [-0.3, -0.25) is 9.78 Å². The number of aromatic hydroxyl groups is 1. The zero-order valence-electron chi connectivity index (χ0n) is 18.5. The van der Waals surface area contributed by atoms with Gasteiger partial charge in [-0.2, -0.15) is 0 Å². The van der Waals surface area contributed by atoms with Gasteiger partial charge in [-0.05, 0) is 62.8 Å². The van der Waals surface area contributed by atoms with E-state index in [2.05, 4.69) is 10.3 Å². The molecule has 1 aromatic carbocycles. The number of ether oxygens (including phenoxy) is 1. The van der Waals surface area contributed by atoms with Crippen LogP contribution in [0.5, 0.6) is 5.75 Å². The summed E-state index contributed by atoms with van der Waals surface area (Å²) in [5.41, 5.74) is 1.79. The minimum Gasteiger partial charge on any atom is -0.508 e. The topological polar surface area (TPSA) is 71.5 Å². The van der Waals surface area contributed by atoms with E-state index in [4.69, 9.17) is 4.74 Å². The molecule has 5 heteroatoms. The van der Waals surface area contributed by atoms with E-state index in [0.717, 1.165) is 61.7 Å². The second kappa shape index (κ2) is 10.1. The number of nitrogens with zero attached hydrogens (tertiary/aromatic N) is 1. The van der Waals surface area contributed by atoms with E-state index >= 15 is 0 Å². The number of pyridine rings is 1. The summed E-state index contributed by atoms with van der Waals surface area (Å²) in [5.74, 6) is 0.234. The lowest BCUT2D eigenvalue weighted by Gasteiger charge is -2.52.